The monoisotopic (exact) mass is 453 g/mol. The lowest BCUT2D eigenvalue weighted by Crippen LogP contribution is -2.20. The maximum atomic E-state index is 13.3. The zero-order valence-electron chi connectivity index (χ0n) is 17.2. The Bertz CT molecular complexity index is 1630. The van der Waals surface area contributed by atoms with Crippen LogP contribution < -0.4 is 10.3 Å². The van der Waals surface area contributed by atoms with Crippen LogP contribution in [0.2, 0.25) is 5.02 Å². The summed E-state index contributed by atoms with van der Waals surface area (Å²) < 4.78 is 12.7. The van der Waals surface area contributed by atoms with Crippen LogP contribution in [-0.2, 0) is 0 Å². The number of furan rings is 1. The van der Waals surface area contributed by atoms with Crippen LogP contribution in [0.25, 0.3) is 33.5 Å². The highest BCUT2D eigenvalue weighted by Gasteiger charge is 2.16. The summed E-state index contributed by atoms with van der Waals surface area (Å²) in [6.45, 7) is 0.162. The molecule has 33 heavy (non-hydrogen) atoms. The van der Waals surface area contributed by atoms with Gasteiger partial charge in [-0.2, -0.15) is 9.78 Å². The van der Waals surface area contributed by atoms with Gasteiger partial charge in [0, 0.05) is 10.4 Å². The topological polar surface area (TPSA) is 69.6 Å². The Balaban J connectivity index is 1.66. The third-order valence-corrected chi connectivity index (χ3v) is 5.19. The highest BCUT2D eigenvalue weighted by molar-refractivity contribution is 6.31. The predicted molar refractivity (Wildman–Crippen MR) is 130 cm³/mol. The van der Waals surface area contributed by atoms with Crippen LogP contribution in [0.4, 0.5) is 0 Å². The summed E-state index contributed by atoms with van der Waals surface area (Å²) in [7, 11) is 0. The molecule has 0 saturated carbocycles. The number of para-hydroxylation sites is 1. The lowest BCUT2D eigenvalue weighted by Gasteiger charge is -2.07. The number of aromatic nitrogens is 2. The molecule has 0 aliphatic heterocycles. The highest BCUT2D eigenvalue weighted by Crippen LogP contribution is 2.29. The van der Waals surface area contributed by atoms with Gasteiger partial charge in [0.15, 0.2) is 5.76 Å². The molecule has 0 bridgehead atoms. The summed E-state index contributed by atoms with van der Waals surface area (Å²) in [5.74, 6) is 3.72. The van der Waals surface area contributed by atoms with Crippen molar-refractivity contribution in [2.75, 3.05) is 6.61 Å². The van der Waals surface area contributed by atoms with Gasteiger partial charge in [-0.05, 0) is 54.1 Å². The number of fused-ring (bicyclic) bond motifs is 2. The number of hydrogen-bond donors (Lipinski definition) is 0. The predicted octanol–water partition coefficient (Wildman–Crippen LogP) is 5.36. The Hall–Kier alpha value is -4.34. The van der Waals surface area contributed by atoms with E-state index in [1.54, 1.807) is 60.8 Å². The standard InChI is InChI=1S/C26H16ClN3O3/c1-2-12-32-20-7-5-6-17(13-20)16-28-30-25(29-22-9-4-3-8-21(22)26(30)31)24-15-18-14-19(27)10-11-23(18)33-24/h1,3-11,13-16H,12H2. The molecular formula is C26H16ClN3O3. The molecule has 0 aliphatic rings. The number of hydrogen-bond acceptors (Lipinski definition) is 5. The fraction of sp³-hybridized carbons (Fsp3) is 0.0385. The van der Waals surface area contributed by atoms with E-state index in [1.165, 1.54) is 4.68 Å². The third kappa shape index (κ3) is 4.10. The minimum atomic E-state index is -0.315. The lowest BCUT2D eigenvalue weighted by molar-refractivity contribution is 0.370. The first-order valence-electron chi connectivity index (χ1n) is 10.0. The van der Waals surface area contributed by atoms with Crippen LogP contribution in [0.3, 0.4) is 0 Å². The van der Waals surface area contributed by atoms with Crippen LogP contribution >= 0.6 is 11.6 Å². The van der Waals surface area contributed by atoms with E-state index in [-0.39, 0.29) is 18.0 Å². The molecule has 0 saturated heterocycles. The van der Waals surface area contributed by atoms with Crippen molar-refractivity contribution < 1.29 is 9.15 Å². The van der Waals surface area contributed by atoms with Crippen LogP contribution in [0.5, 0.6) is 5.75 Å². The Morgan fingerprint density at radius 2 is 2.00 bits per heavy atom. The fourth-order valence-corrected chi connectivity index (χ4v) is 3.63. The van der Waals surface area contributed by atoms with Crippen LogP contribution in [0.15, 0.2) is 87.1 Å². The van der Waals surface area contributed by atoms with E-state index in [1.807, 2.05) is 18.2 Å². The van der Waals surface area contributed by atoms with Gasteiger partial charge in [0.25, 0.3) is 5.56 Å². The van der Waals surface area contributed by atoms with Gasteiger partial charge in [-0.3, -0.25) is 4.79 Å². The third-order valence-electron chi connectivity index (χ3n) is 4.96. The minimum absolute atomic E-state index is 0.162. The summed E-state index contributed by atoms with van der Waals surface area (Å²) in [5, 5.41) is 6.28. The highest BCUT2D eigenvalue weighted by atomic mass is 35.5. The molecule has 6 nitrogen and oxygen atoms in total. The molecule has 0 radical (unpaired) electrons. The first-order valence-corrected chi connectivity index (χ1v) is 10.4. The molecular weight excluding hydrogens is 438 g/mol. The molecule has 0 N–H and O–H groups in total. The Kier molecular flexibility index (Phi) is 5.39. The average molecular weight is 454 g/mol. The van der Waals surface area contributed by atoms with Crippen LogP contribution in [0.1, 0.15) is 5.56 Å². The Morgan fingerprint density at radius 3 is 2.88 bits per heavy atom. The van der Waals surface area contributed by atoms with Crippen molar-refractivity contribution in [3.63, 3.8) is 0 Å². The largest absolute Gasteiger partial charge is 0.481 e. The fourth-order valence-electron chi connectivity index (χ4n) is 3.45. The Morgan fingerprint density at radius 1 is 1.12 bits per heavy atom. The maximum absolute atomic E-state index is 13.3. The summed E-state index contributed by atoms with van der Waals surface area (Å²) in [6.07, 6.45) is 6.82. The van der Waals surface area contributed by atoms with Crippen LogP contribution in [0, 0.1) is 12.3 Å². The molecule has 160 valence electrons. The van der Waals surface area contributed by atoms with E-state index in [9.17, 15) is 4.79 Å². The van der Waals surface area contributed by atoms with Gasteiger partial charge in [0.05, 0.1) is 17.1 Å². The smallest absolute Gasteiger partial charge is 0.282 e. The van der Waals surface area contributed by atoms with E-state index >= 15 is 0 Å². The molecule has 2 heterocycles. The molecule has 2 aromatic heterocycles. The van der Waals surface area contributed by atoms with Gasteiger partial charge < -0.3 is 9.15 Å². The zero-order valence-corrected chi connectivity index (χ0v) is 18.0. The van der Waals surface area contributed by atoms with Gasteiger partial charge in [-0.25, -0.2) is 4.98 Å². The van der Waals surface area contributed by atoms with E-state index in [2.05, 4.69) is 16.0 Å². The first kappa shape index (κ1) is 20.6. The van der Waals surface area contributed by atoms with Crippen molar-refractivity contribution in [1.82, 2.24) is 9.66 Å². The average Bonchev–Trinajstić information content (AvgIpc) is 3.25. The molecule has 0 fully saturated rings. The number of terminal acetylenes is 1. The quantitative estimate of drug-likeness (QED) is 0.265. The molecule has 0 amide bonds. The summed E-state index contributed by atoms with van der Waals surface area (Å²) >= 11 is 6.11. The van der Waals surface area contributed by atoms with Gasteiger partial charge in [0.2, 0.25) is 5.82 Å². The summed E-state index contributed by atoms with van der Waals surface area (Å²) in [4.78, 5) is 18.0. The van der Waals surface area contributed by atoms with Crippen LogP contribution in [-0.4, -0.2) is 22.5 Å². The van der Waals surface area contributed by atoms with E-state index < -0.39 is 0 Å². The molecule has 5 aromatic rings. The molecule has 3 aromatic carbocycles. The Labute approximate surface area is 193 Å². The van der Waals surface area contributed by atoms with Gasteiger partial charge in [0.1, 0.15) is 17.9 Å². The van der Waals surface area contributed by atoms with E-state index in [0.717, 1.165) is 10.9 Å². The molecule has 7 heteroatoms. The second kappa shape index (κ2) is 8.65. The maximum Gasteiger partial charge on any atom is 0.282 e. The van der Waals surface area contributed by atoms with Crippen molar-refractivity contribution >= 4 is 39.7 Å². The second-order valence-corrected chi connectivity index (χ2v) is 7.61. The number of nitrogens with zero attached hydrogens (tertiary/aromatic N) is 3. The van der Waals surface area contributed by atoms with Crippen molar-refractivity contribution in [1.29, 1.82) is 0 Å². The molecule has 0 unspecified atom stereocenters. The molecule has 0 aliphatic carbocycles. The summed E-state index contributed by atoms with van der Waals surface area (Å²) in [6, 6.07) is 21.4. The minimum Gasteiger partial charge on any atom is -0.481 e. The van der Waals surface area contributed by atoms with Gasteiger partial charge in [-0.15, -0.1) is 6.42 Å². The SMILES string of the molecule is C#CCOc1cccc(C=Nn2c(-c3cc4cc(Cl)ccc4o3)nc3ccccc3c2=O)c1. The molecule has 5 rings (SSSR count). The van der Waals surface area contributed by atoms with Crippen molar-refractivity contribution in [2.24, 2.45) is 5.10 Å². The molecule has 0 spiro atoms. The van der Waals surface area contributed by atoms with Crippen molar-refractivity contribution in [3.05, 3.63) is 93.7 Å². The lowest BCUT2D eigenvalue weighted by atomic mass is 10.2. The molecule has 0 atom stereocenters. The number of rotatable bonds is 5. The zero-order chi connectivity index (χ0) is 22.8. The van der Waals surface area contributed by atoms with E-state index in [0.29, 0.717) is 33.0 Å². The normalized spacial score (nSPS) is 11.3. The van der Waals surface area contributed by atoms with Gasteiger partial charge in [-0.1, -0.05) is 41.8 Å². The number of halogens is 1. The second-order valence-electron chi connectivity index (χ2n) is 7.17. The van der Waals surface area contributed by atoms with Gasteiger partial charge >= 0.3 is 0 Å². The van der Waals surface area contributed by atoms with Crippen molar-refractivity contribution in [3.8, 4) is 29.7 Å². The summed E-state index contributed by atoms with van der Waals surface area (Å²) in [5.41, 5.74) is 1.59. The van der Waals surface area contributed by atoms with Crippen molar-refractivity contribution in [2.45, 2.75) is 0 Å². The van der Waals surface area contributed by atoms with E-state index in [4.69, 9.17) is 27.2 Å². The first-order chi connectivity index (χ1) is 16.1. The number of ether oxygens (including phenoxy) is 1. The number of benzene rings is 3.